The molecule has 0 spiro atoms. The van der Waals surface area contributed by atoms with Gasteiger partial charge in [0.05, 0.1) is 11.7 Å². The summed E-state index contributed by atoms with van der Waals surface area (Å²) in [5.74, 6) is 0. The first-order chi connectivity index (χ1) is 6.90. The zero-order valence-corrected chi connectivity index (χ0v) is 9.57. The minimum atomic E-state index is 0.541. The molecule has 0 aromatic carbocycles. The molecule has 3 heteroatoms. The van der Waals surface area contributed by atoms with Gasteiger partial charge >= 0.3 is 0 Å². The molecule has 0 aliphatic carbocycles. The van der Waals surface area contributed by atoms with Gasteiger partial charge in [0.2, 0.25) is 0 Å². The molecule has 1 aromatic rings. The molecule has 78 valence electrons. The Bertz CT molecular complexity index is 277. The topological polar surface area (TPSA) is 24.9 Å². The lowest BCUT2D eigenvalue weighted by molar-refractivity contribution is 0.410. The highest BCUT2D eigenvalue weighted by Gasteiger charge is 2.17. The third kappa shape index (κ3) is 2.34. The van der Waals surface area contributed by atoms with E-state index in [0.717, 1.165) is 13.0 Å². The summed E-state index contributed by atoms with van der Waals surface area (Å²) in [7, 11) is 0. The smallest absolute Gasteiger partial charge is 0.110 e. The van der Waals surface area contributed by atoms with Crippen molar-refractivity contribution in [2.45, 2.75) is 45.1 Å². The van der Waals surface area contributed by atoms with Gasteiger partial charge in [0.15, 0.2) is 0 Å². The highest BCUT2D eigenvalue weighted by molar-refractivity contribution is 7.09. The average Bonchev–Trinajstić information content (AvgIpc) is 2.68. The molecule has 1 saturated heterocycles. The van der Waals surface area contributed by atoms with Crippen molar-refractivity contribution in [2.24, 2.45) is 0 Å². The zero-order valence-electron chi connectivity index (χ0n) is 8.75. The first-order valence-corrected chi connectivity index (χ1v) is 6.46. The van der Waals surface area contributed by atoms with E-state index < -0.39 is 0 Å². The first-order valence-electron chi connectivity index (χ1n) is 5.58. The second kappa shape index (κ2) is 4.89. The second-order valence-electron chi connectivity index (χ2n) is 3.93. The maximum absolute atomic E-state index is 4.68. The van der Waals surface area contributed by atoms with E-state index in [1.165, 1.54) is 36.4 Å². The van der Waals surface area contributed by atoms with Crippen LogP contribution >= 0.6 is 11.3 Å². The maximum atomic E-state index is 4.68. The normalized spacial score (nSPS) is 22.5. The standard InChI is InChI=1S/C11H18N2S/c1-2-5-9-8-14-11(13-9)10-6-3-4-7-12-10/h8,10,12H,2-7H2,1H3. The number of rotatable bonds is 3. The van der Waals surface area contributed by atoms with Crippen LogP contribution in [0.1, 0.15) is 49.4 Å². The third-order valence-corrected chi connectivity index (χ3v) is 3.69. The maximum Gasteiger partial charge on any atom is 0.110 e. The van der Waals surface area contributed by atoms with Gasteiger partial charge in [0, 0.05) is 5.38 Å². The summed E-state index contributed by atoms with van der Waals surface area (Å²) in [6, 6.07) is 0.541. The van der Waals surface area contributed by atoms with E-state index in [1.807, 2.05) is 11.3 Å². The number of hydrogen-bond acceptors (Lipinski definition) is 3. The van der Waals surface area contributed by atoms with Crippen LogP contribution in [-0.2, 0) is 6.42 Å². The number of nitrogens with zero attached hydrogens (tertiary/aromatic N) is 1. The van der Waals surface area contributed by atoms with E-state index >= 15 is 0 Å². The first kappa shape index (κ1) is 10.1. The molecule has 2 rings (SSSR count). The van der Waals surface area contributed by atoms with Gasteiger partial charge in [-0.3, -0.25) is 0 Å². The van der Waals surface area contributed by atoms with Crippen molar-refractivity contribution >= 4 is 11.3 Å². The van der Waals surface area contributed by atoms with Crippen LogP contribution in [0.5, 0.6) is 0 Å². The van der Waals surface area contributed by atoms with Gasteiger partial charge in [-0.25, -0.2) is 4.98 Å². The molecule has 0 radical (unpaired) electrons. The fourth-order valence-electron chi connectivity index (χ4n) is 1.92. The van der Waals surface area contributed by atoms with Crippen LogP contribution < -0.4 is 5.32 Å². The molecular weight excluding hydrogens is 192 g/mol. The van der Waals surface area contributed by atoms with Crippen molar-refractivity contribution in [3.05, 3.63) is 16.1 Å². The molecule has 14 heavy (non-hydrogen) atoms. The number of thiazole rings is 1. The van der Waals surface area contributed by atoms with E-state index in [0.29, 0.717) is 6.04 Å². The summed E-state index contributed by atoms with van der Waals surface area (Å²) in [4.78, 5) is 4.68. The average molecular weight is 210 g/mol. The number of nitrogens with one attached hydrogen (secondary N) is 1. The highest BCUT2D eigenvalue weighted by Crippen LogP contribution is 2.25. The van der Waals surface area contributed by atoms with Gasteiger partial charge in [-0.05, 0) is 25.8 Å². The van der Waals surface area contributed by atoms with Crippen LogP contribution in [-0.4, -0.2) is 11.5 Å². The Balaban J connectivity index is 2.00. The molecule has 1 fully saturated rings. The van der Waals surface area contributed by atoms with Gasteiger partial charge in [-0.2, -0.15) is 0 Å². The molecule has 0 saturated carbocycles. The summed E-state index contributed by atoms with van der Waals surface area (Å²) in [5, 5.41) is 7.06. The Morgan fingerprint density at radius 3 is 3.21 bits per heavy atom. The lowest BCUT2D eigenvalue weighted by Gasteiger charge is -2.21. The van der Waals surface area contributed by atoms with Crippen molar-refractivity contribution in [1.82, 2.24) is 10.3 Å². The van der Waals surface area contributed by atoms with Gasteiger partial charge < -0.3 is 5.32 Å². The van der Waals surface area contributed by atoms with Gasteiger partial charge in [0.1, 0.15) is 5.01 Å². The zero-order chi connectivity index (χ0) is 9.80. The number of hydrogen-bond donors (Lipinski definition) is 1. The summed E-state index contributed by atoms with van der Waals surface area (Å²) < 4.78 is 0. The predicted octanol–water partition coefficient (Wildman–Crippen LogP) is 2.91. The van der Waals surface area contributed by atoms with E-state index in [1.54, 1.807) is 0 Å². The summed E-state index contributed by atoms with van der Waals surface area (Å²) in [6.07, 6.45) is 6.26. The highest BCUT2D eigenvalue weighted by atomic mass is 32.1. The molecule has 1 atom stereocenters. The molecular formula is C11H18N2S. The fraction of sp³-hybridized carbons (Fsp3) is 0.727. The molecule has 0 bridgehead atoms. The predicted molar refractivity (Wildman–Crippen MR) is 60.7 cm³/mol. The van der Waals surface area contributed by atoms with Crippen LogP contribution in [0.25, 0.3) is 0 Å². The number of aromatic nitrogens is 1. The molecule has 1 aliphatic heterocycles. The summed E-state index contributed by atoms with van der Waals surface area (Å²) >= 11 is 1.82. The monoisotopic (exact) mass is 210 g/mol. The van der Waals surface area contributed by atoms with E-state index in [2.05, 4.69) is 22.6 Å². The van der Waals surface area contributed by atoms with E-state index in [9.17, 15) is 0 Å². The van der Waals surface area contributed by atoms with Crippen LogP contribution in [0.2, 0.25) is 0 Å². The Morgan fingerprint density at radius 1 is 1.57 bits per heavy atom. The quantitative estimate of drug-likeness (QED) is 0.829. The van der Waals surface area contributed by atoms with Gasteiger partial charge in [-0.15, -0.1) is 11.3 Å². The lowest BCUT2D eigenvalue weighted by Crippen LogP contribution is -2.26. The van der Waals surface area contributed by atoms with Gasteiger partial charge in [0.25, 0.3) is 0 Å². The largest absolute Gasteiger partial charge is 0.308 e. The minimum Gasteiger partial charge on any atom is -0.308 e. The van der Waals surface area contributed by atoms with Gasteiger partial charge in [-0.1, -0.05) is 19.8 Å². The molecule has 0 amide bonds. The second-order valence-corrected chi connectivity index (χ2v) is 4.82. The molecule has 1 aliphatic rings. The Hall–Kier alpha value is -0.410. The SMILES string of the molecule is CCCc1csc(C2CCCCN2)n1. The summed E-state index contributed by atoms with van der Waals surface area (Å²) in [5.41, 5.74) is 1.28. The number of aryl methyl sites for hydroxylation is 1. The Morgan fingerprint density at radius 2 is 2.50 bits per heavy atom. The van der Waals surface area contributed by atoms with E-state index in [4.69, 9.17) is 0 Å². The van der Waals surface area contributed by atoms with E-state index in [-0.39, 0.29) is 0 Å². The Labute approximate surface area is 89.8 Å². The molecule has 1 unspecified atom stereocenters. The Kier molecular flexibility index (Phi) is 3.54. The van der Waals surface area contributed by atoms with Crippen LogP contribution in [0.4, 0.5) is 0 Å². The van der Waals surface area contributed by atoms with Crippen molar-refractivity contribution in [3.63, 3.8) is 0 Å². The number of piperidine rings is 1. The molecule has 1 N–H and O–H groups in total. The van der Waals surface area contributed by atoms with Crippen molar-refractivity contribution in [2.75, 3.05) is 6.54 Å². The van der Waals surface area contributed by atoms with Crippen LogP contribution in [0.15, 0.2) is 5.38 Å². The van der Waals surface area contributed by atoms with Crippen molar-refractivity contribution in [3.8, 4) is 0 Å². The molecule has 2 nitrogen and oxygen atoms in total. The van der Waals surface area contributed by atoms with Crippen LogP contribution in [0.3, 0.4) is 0 Å². The van der Waals surface area contributed by atoms with Crippen LogP contribution in [0, 0.1) is 0 Å². The minimum absolute atomic E-state index is 0.541. The summed E-state index contributed by atoms with van der Waals surface area (Å²) in [6.45, 7) is 3.37. The molecule has 1 aromatic heterocycles. The third-order valence-electron chi connectivity index (χ3n) is 2.68. The van der Waals surface area contributed by atoms with Crippen molar-refractivity contribution in [1.29, 1.82) is 0 Å². The van der Waals surface area contributed by atoms with Crippen molar-refractivity contribution < 1.29 is 0 Å². The molecule has 2 heterocycles. The fourth-order valence-corrected chi connectivity index (χ4v) is 2.88. The lowest BCUT2D eigenvalue weighted by atomic mass is 10.1.